The lowest BCUT2D eigenvalue weighted by Crippen LogP contribution is -2.10. The number of hydrogen-bond donors (Lipinski definition) is 1. The van der Waals surface area contributed by atoms with Crippen LogP contribution in [0.2, 0.25) is 0 Å². The van der Waals surface area contributed by atoms with Crippen molar-refractivity contribution in [3.05, 3.63) is 71.8 Å². The molecule has 0 amide bonds. The lowest BCUT2D eigenvalue weighted by atomic mass is 9.92. The van der Waals surface area contributed by atoms with Crippen LogP contribution in [0.15, 0.2) is 60.7 Å². The summed E-state index contributed by atoms with van der Waals surface area (Å²) in [5.41, 5.74) is 2.08. The van der Waals surface area contributed by atoms with Gasteiger partial charge in [0, 0.05) is 5.92 Å². The number of benzene rings is 2. The molecule has 136 valence electrons. The Balaban J connectivity index is 1.97. The third kappa shape index (κ3) is 7.13. The Morgan fingerprint density at radius 3 is 1.96 bits per heavy atom. The lowest BCUT2D eigenvalue weighted by molar-refractivity contribution is 0.144. The van der Waals surface area contributed by atoms with E-state index in [9.17, 15) is 9.46 Å². The van der Waals surface area contributed by atoms with E-state index in [0.29, 0.717) is 0 Å². The minimum Gasteiger partial charge on any atom is -0.302 e. The van der Waals surface area contributed by atoms with Crippen LogP contribution < -0.4 is 0 Å². The van der Waals surface area contributed by atoms with Crippen LogP contribution in [0.3, 0.4) is 0 Å². The van der Waals surface area contributed by atoms with E-state index in [4.69, 9.17) is 9.05 Å². The molecule has 5 heteroatoms. The molecule has 0 aliphatic heterocycles. The lowest BCUT2D eigenvalue weighted by Gasteiger charge is -2.20. The van der Waals surface area contributed by atoms with E-state index in [1.54, 1.807) is 0 Å². The highest BCUT2D eigenvalue weighted by molar-refractivity contribution is 7.47. The number of unbranched alkanes of at least 4 members (excludes halogenated alkanes) is 3. The summed E-state index contributed by atoms with van der Waals surface area (Å²) in [6.07, 6.45) is 3.98. The molecule has 1 unspecified atom stereocenters. The van der Waals surface area contributed by atoms with Crippen LogP contribution in [-0.4, -0.2) is 18.1 Å². The molecule has 0 bridgehead atoms. The van der Waals surface area contributed by atoms with Crippen LogP contribution in [-0.2, 0) is 13.6 Å². The molecule has 4 nitrogen and oxygen atoms in total. The van der Waals surface area contributed by atoms with Gasteiger partial charge < -0.3 is 4.89 Å². The first-order chi connectivity index (χ1) is 12.1. The fourth-order valence-corrected chi connectivity index (χ4v) is 3.44. The van der Waals surface area contributed by atoms with Crippen LogP contribution in [0, 0.1) is 0 Å². The Bertz CT molecular complexity index is 606. The molecular weight excluding hydrogens is 335 g/mol. The van der Waals surface area contributed by atoms with Gasteiger partial charge in [0.1, 0.15) is 0 Å². The standard InChI is InChI=1S/C20H27O4P/c1-2-3-4-11-16-23-25(21,22)24-17-20(18-12-7-5-8-13-18)19-14-9-6-10-15-19/h5-10,12-15,20H,2-4,11,16-17H2,1H3,(H,21,22). The SMILES string of the molecule is CCCCCCOP(=O)(O)OCC(c1ccccc1)c1ccccc1. The Morgan fingerprint density at radius 1 is 0.880 bits per heavy atom. The number of rotatable bonds is 11. The molecule has 0 heterocycles. The molecule has 2 rings (SSSR count). The van der Waals surface area contributed by atoms with Gasteiger partial charge in [-0.15, -0.1) is 0 Å². The molecule has 0 spiro atoms. The van der Waals surface area contributed by atoms with E-state index in [2.05, 4.69) is 6.92 Å². The first-order valence-electron chi connectivity index (χ1n) is 8.84. The highest BCUT2D eigenvalue weighted by Gasteiger charge is 2.24. The molecule has 2 aromatic rings. The smallest absolute Gasteiger partial charge is 0.302 e. The summed E-state index contributed by atoms with van der Waals surface area (Å²) in [5.74, 6) is -0.119. The first kappa shape index (κ1) is 19.9. The fourth-order valence-electron chi connectivity index (χ4n) is 2.67. The van der Waals surface area contributed by atoms with Gasteiger partial charge in [0.15, 0.2) is 0 Å². The third-order valence-electron chi connectivity index (χ3n) is 4.06. The van der Waals surface area contributed by atoms with E-state index in [-0.39, 0.29) is 19.1 Å². The Morgan fingerprint density at radius 2 is 1.44 bits per heavy atom. The maximum absolute atomic E-state index is 12.1. The van der Waals surface area contributed by atoms with Crippen LogP contribution in [0.4, 0.5) is 0 Å². The fraction of sp³-hybridized carbons (Fsp3) is 0.400. The van der Waals surface area contributed by atoms with Crippen LogP contribution in [0.1, 0.15) is 49.7 Å². The zero-order chi connectivity index (χ0) is 18.0. The van der Waals surface area contributed by atoms with Gasteiger partial charge in [-0.25, -0.2) is 4.57 Å². The van der Waals surface area contributed by atoms with Crippen molar-refractivity contribution < 1.29 is 18.5 Å². The minimum absolute atomic E-state index is 0.0940. The van der Waals surface area contributed by atoms with Crippen LogP contribution in [0.5, 0.6) is 0 Å². The van der Waals surface area contributed by atoms with Crippen molar-refractivity contribution in [1.29, 1.82) is 0 Å². The van der Waals surface area contributed by atoms with Crippen molar-refractivity contribution in [2.75, 3.05) is 13.2 Å². The summed E-state index contributed by atoms with van der Waals surface area (Å²) >= 11 is 0. The van der Waals surface area contributed by atoms with Crippen LogP contribution in [0.25, 0.3) is 0 Å². The van der Waals surface area contributed by atoms with E-state index in [1.807, 2.05) is 60.7 Å². The van der Waals surface area contributed by atoms with Crippen molar-refractivity contribution >= 4 is 7.82 Å². The number of phosphoric ester groups is 1. The van der Waals surface area contributed by atoms with Crippen molar-refractivity contribution in [2.24, 2.45) is 0 Å². The highest BCUT2D eigenvalue weighted by Crippen LogP contribution is 2.45. The van der Waals surface area contributed by atoms with E-state index in [0.717, 1.165) is 36.8 Å². The quantitative estimate of drug-likeness (QED) is 0.422. The second kappa shape index (κ2) is 10.5. The number of phosphoric acid groups is 1. The van der Waals surface area contributed by atoms with Crippen molar-refractivity contribution in [3.8, 4) is 0 Å². The Kier molecular flexibility index (Phi) is 8.36. The Labute approximate surface area is 150 Å². The van der Waals surface area contributed by atoms with Gasteiger partial charge in [-0.05, 0) is 17.5 Å². The average Bonchev–Trinajstić information content (AvgIpc) is 2.63. The second-order valence-corrected chi connectivity index (χ2v) is 7.49. The van der Waals surface area contributed by atoms with E-state index < -0.39 is 7.82 Å². The van der Waals surface area contributed by atoms with Gasteiger partial charge in [-0.2, -0.15) is 0 Å². The summed E-state index contributed by atoms with van der Waals surface area (Å²) in [7, 11) is -4.04. The molecule has 25 heavy (non-hydrogen) atoms. The van der Waals surface area contributed by atoms with Gasteiger partial charge in [0.05, 0.1) is 13.2 Å². The predicted molar refractivity (Wildman–Crippen MR) is 101 cm³/mol. The Hall–Kier alpha value is -1.45. The van der Waals surface area contributed by atoms with Crippen molar-refractivity contribution in [1.82, 2.24) is 0 Å². The molecule has 0 aromatic heterocycles. The van der Waals surface area contributed by atoms with E-state index >= 15 is 0 Å². The molecule has 0 aliphatic carbocycles. The molecule has 1 atom stereocenters. The third-order valence-corrected chi connectivity index (χ3v) is 5.04. The van der Waals surface area contributed by atoms with Gasteiger partial charge in [0.2, 0.25) is 0 Å². The summed E-state index contributed by atoms with van der Waals surface area (Å²) in [5, 5.41) is 0. The van der Waals surface area contributed by atoms with Crippen LogP contribution >= 0.6 is 7.82 Å². The summed E-state index contributed by atoms with van der Waals surface area (Å²) in [4.78, 5) is 9.92. The van der Waals surface area contributed by atoms with Gasteiger partial charge in [-0.3, -0.25) is 9.05 Å². The van der Waals surface area contributed by atoms with Gasteiger partial charge >= 0.3 is 7.82 Å². The molecule has 0 saturated heterocycles. The monoisotopic (exact) mass is 362 g/mol. The summed E-state index contributed by atoms with van der Waals surface area (Å²) in [6, 6.07) is 19.7. The molecule has 0 saturated carbocycles. The van der Waals surface area contributed by atoms with Crippen molar-refractivity contribution in [3.63, 3.8) is 0 Å². The van der Waals surface area contributed by atoms with Crippen molar-refractivity contribution in [2.45, 2.75) is 38.5 Å². The summed E-state index contributed by atoms with van der Waals surface area (Å²) < 4.78 is 22.5. The average molecular weight is 362 g/mol. The second-order valence-electron chi connectivity index (χ2n) is 6.03. The molecule has 0 fully saturated rings. The molecule has 0 aliphatic rings. The predicted octanol–water partition coefficient (Wildman–Crippen LogP) is 5.53. The highest BCUT2D eigenvalue weighted by atomic mass is 31.2. The largest absolute Gasteiger partial charge is 0.472 e. The molecule has 2 aromatic carbocycles. The van der Waals surface area contributed by atoms with Gasteiger partial charge in [-0.1, -0.05) is 86.8 Å². The topological polar surface area (TPSA) is 55.8 Å². The maximum atomic E-state index is 12.1. The normalized spacial score (nSPS) is 13.7. The van der Waals surface area contributed by atoms with E-state index in [1.165, 1.54) is 0 Å². The molecular formula is C20H27O4P. The summed E-state index contributed by atoms with van der Waals surface area (Å²) in [6.45, 7) is 2.46. The van der Waals surface area contributed by atoms with Gasteiger partial charge in [0.25, 0.3) is 0 Å². The first-order valence-corrected chi connectivity index (χ1v) is 10.3. The zero-order valence-electron chi connectivity index (χ0n) is 14.7. The number of hydrogen-bond acceptors (Lipinski definition) is 3. The molecule has 1 N–H and O–H groups in total. The minimum atomic E-state index is -4.04. The maximum Gasteiger partial charge on any atom is 0.472 e. The molecule has 0 radical (unpaired) electrons. The zero-order valence-corrected chi connectivity index (χ0v) is 15.6.